The molecule has 0 unspecified atom stereocenters. The van der Waals surface area contributed by atoms with Crippen LogP contribution in [0.4, 0.5) is 5.82 Å². The number of sulfonamides is 1. The summed E-state index contributed by atoms with van der Waals surface area (Å²) in [5, 5.41) is 0. The molecule has 0 saturated carbocycles. The molecule has 19 heavy (non-hydrogen) atoms. The summed E-state index contributed by atoms with van der Waals surface area (Å²) in [5.74, 6) is 0.0784. The summed E-state index contributed by atoms with van der Waals surface area (Å²) in [6.45, 7) is 0.380. The minimum Gasteiger partial charge on any atom is -0.326 e. The van der Waals surface area contributed by atoms with Crippen molar-refractivity contribution in [1.29, 1.82) is 0 Å². The second-order valence-electron chi connectivity index (χ2n) is 3.98. The Morgan fingerprint density at radius 2 is 2.00 bits per heavy atom. The highest BCUT2D eigenvalue weighted by molar-refractivity contribution is 7.91. The summed E-state index contributed by atoms with van der Waals surface area (Å²) in [4.78, 5) is 7.66. The minimum absolute atomic E-state index is 0.128. The van der Waals surface area contributed by atoms with E-state index in [0.717, 1.165) is 5.56 Å². The number of nitrogens with zero attached hydrogens (tertiary/aromatic N) is 2. The zero-order chi connectivity index (χ0) is 13.7. The molecule has 0 aliphatic rings. The van der Waals surface area contributed by atoms with Crippen LogP contribution in [0.5, 0.6) is 0 Å². The lowest BCUT2D eigenvalue weighted by atomic mass is 10.1. The van der Waals surface area contributed by atoms with Crippen LogP contribution in [0, 0.1) is 0 Å². The Balaban J connectivity index is 2.12. The number of hydrogen-bond donors (Lipinski definition) is 2. The number of hydrogen-bond acceptors (Lipinski definition) is 5. The monoisotopic (exact) mass is 278 g/mol. The molecule has 7 heteroatoms. The Bertz CT molecular complexity index is 644. The third-order valence-corrected chi connectivity index (χ3v) is 3.64. The van der Waals surface area contributed by atoms with Gasteiger partial charge in [-0.3, -0.25) is 9.71 Å². The van der Waals surface area contributed by atoms with Crippen molar-refractivity contribution in [3.05, 3.63) is 54.0 Å². The van der Waals surface area contributed by atoms with Gasteiger partial charge in [-0.15, -0.1) is 0 Å². The van der Waals surface area contributed by atoms with Crippen LogP contribution in [0.1, 0.15) is 11.1 Å². The number of nitrogens with two attached hydrogens (primary N) is 1. The van der Waals surface area contributed by atoms with Crippen LogP contribution in [0.3, 0.4) is 0 Å². The van der Waals surface area contributed by atoms with Gasteiger partial charge < -0.3 is 5.73 Å². The van der Waals surface area contributed by atoms with Crippen LogP contribution < -0.4 is 10.5 Å². The van der Waals surface area contributed by atoms with Crippen molar-refractivity contribution in [2.45, 2.75) is 12.3 Å². The molecule has 0 bridgehead atoms. The van der Waals surface area contributed by atoms with E-state index in [1.54, 1.807) is 18.2 Å². The van der Waals surface area contributed by atoms with Crippen LogP contribution in [-0.4, -0.2) is 18.4 Å². The fourth-order valence-corrected chi connectivity index (χ4v) is 2.73. The molecule has 0 aliphatic carbocycles. The zero-order valence-corrected chi connectivity index (χ0v) is 11.0. The molecular formula is C12H14N4O2S. The van der Waals surface area contributed by atoms with Crippen molar-refractivity contribution in [2.75, 3.05) is 4.72 Å². The maximum absolute atomic E-state index is 12.0. The zero-order valence-electron chi connectivity index (χ0n) is 10.2. The van der Waals surface area contributed by atoms with Gasteiger partial charge in [-0.2, -0.15) is 0 Å². The molecule has 1 heterocycles. The summed E-state index contributed by atoms with van der Waals surface area (Å²) in [7, 11) is -3.51. The summed E-state index contributed by atoms with van der Waals surface area (Å²) in [5.41, 5.74) is 7.10. The van der Waals surface area contributed by atoms with Crippen molar-refractivity contribution in [1.82, 2.24) is 9.97 Å². The average Bonchev–Trinajstić information content (AvgIpc) is 2.39. The fraction of sp³-hybridized carbons (Fsp3) is 0.167. The standard InChI is InChI=1S/C12H14N4O2S/c13-7-10-2-1-3-11(6-10)9-19(17,18)16-12-8-14-4-5-15-12/h1-6,8H,7,9,13H2,(H,15,16). The van der Waals surface area contributed by atoms with Gasteiger partial charge in [0.2, 0.25) is 10.0 Å². The fourth-order valence-electron chi connectivity index (χ4n) is 1.61. The molecule has 6 nitrogen and oxygen atoms in total. The van der Waals surface area contributed by atoms with Gasteiger partial charge in [0, 0.05) is 18.9 Å². The van der Waals surface area contributed by atoms with Gasteiger partial charge in [-0.1, -0.05) is 24.3 Å². The first-order valence-corrected chi connectivity index (χ1v) is 7.29. The third kappa shape index (κ3) is 4.01. The Kier molecular flexibility index (Phi) is 4.08. The maximum Gasteiger partial charge on any atom is 0.238 e. The van der Waals surface area contributed by atoms with Crippen LogP contribution >= 0.6 is 0 Å². The normalized spacial score (nSPS) is 11.2. The predicted octanol–water partition coefficient (Wildman–Crippen LogP) is 0.877. The largest absolute Gasteiger partial charge is 0.326 e. The van der Waals surface area contributed by atoms with Gasteiger partial charge in [-0.05, 0) is 11.1 Å². The Labute approximate surface area is 111 Å². The topological polar surface area (TPSA) is 98.0 Å². The van der Waals surface area contributed by atoms with E-state index in [4.69, 9.17) is 5.73 Å². The molecule has 1 aromatic carbocycles. The Hall–Kier alpha value is -1.99. The van der Waals surface area contributed by atoms with Crippen LogP contribution in [-0.2, 0) is 22.3 Å². The Morgan fingerprint density at radius 1 is 1.21 bits per heavy atom. The number of anilines is 1. The van der Waals surface area contributed by atoms with Crippen LogP contribution in [0.15, 0.2) is 42.9 Å². The van der Waals surface area contributed by atoms with Crippen molar-refractivity contribution in [3.63, 3.8) is 0 Å². The van der Waals surface area contributed by atoms with Gasteiger partial charge in [0.25, 0.3) is 0 Å². The van der Waals surface area contributed by atoms with E-state index in [1.807, 2.05) is 6.07 Å². The SMILES string of the molecule is NCc1cccc(CS(=O)(=O)Nc2cnccn2)c1. The molecule has 0 fully saturated rings. The van der Waals surface area contributed by atoms with Crippen molar-refractivity contribution < 1.29 is 8.42 Å². The molecule has 2 rings (SSSR count). The van der Waals surface area contributed by atoms with Gasteiger partial charge in [0.05, 0.1) is 11.9 Å². The summed E-state index contributed by atoms with van der Waals surface area (Å²) < 4.78 is 26.3. The summed E-state index contributed by atoms with van der Waals surface area (Å²) >= 11 is 0. The quantitative estimate of drug-likeness (QED) is 0.846. The molecule has 0 aliphatic heterocycles. The van der Waals surface area contributed by atoms with Gasteiger partial charge in [-0.25, -0.2) is 13.4 Å². The highest BCUT2D eigenvalue weighted by Gasteiger charge is 2.12. The van der Waals surface area contributed by atoms with Crippen molar-refractivity contribution in [3.8, 4) is 0 Å². The predicted molar refractivity (Wildman–Crippen MR) is 72.6 cm³/mol. The lowest BCUT2D eigenvalue weighted by molar-refractivity contribution is 0.600. The van der Waals surface area contributed by atoms with E-state index in [0.29, 0.717) is 12.1 Å². The first-order chi connectivity index (χ1) is 9.09. The first-order valence-electron chi connectivity index (χ1n) is 5.63. The molecule has 2 aromatic rings. The molecule has 0 spiro atoms. The van der Waals surface area contributed by atoms with E-state index in [-0.39, 0.29) is 11.6 Å². The van der Waals surface area contributed by atoms with E-state index in [9.17, 15) is 8.42 Å². The van der Waals surface area contributed by atoms with E-state index < -0.39 is 10.0 Å². The summed E-state index contributed by atoms with van der Waals surface area (Å²) in [6, 6.07) is 7.16. The maximum atomic E-state index is 12.0. The first kappa shape index (κ1) is 13.4. The highest BCUT2D eigenvalue weighted by atomic mass is 32.2. The minimum atomic E-state index is -3.51. The lowest BCUT2D eigenvalue weighted by Crippen LogP contribution is -2.16. The van der Waals surface area contributed by atoms with Gasteiger partial charge in [0.15, 0.2) is 5.82 Å². The van der Waals surface area contributed by atoms with Crippen molar-refractivity contribution >= 4 is 15.8 Å². The molecule has 1 aromatic heterocycles. The Morgan fingerprint density at radius 3 is 2.68 bits per heavy atom. The van der Waals surface area contributed by atoms with E-state index in [1.165, 1.54) is 18.6 Å². The van der Waals surface area contributed by atoms with Crippen LogP contribution in [0.2, 0.25) is 0 Å². The van der Waals surface area contributed by atoms with Gasteiger partial charge in [0.1, 0.15) is 0 Å². The average molecular weight is 278 g/mol. The molecule has 3 N–H and O–H groups in total. The molecule has 0 saturated heterocycles. The number of benzene rings is 1. The molecule has 100 valence electrons. The summed E-state index contributed by atoms with van der Waals surface area (Å²) in [6.07, 6.45) is 4.25. The van der Waals surface area contributed by atoms with Gasteiger partial charge >= 0.3 is 0 Å². The molecule has 0 amide bonds. The lowest BCUT2D eigenvalue weighted by Gasteiger charge is -2.07. The smallest absolute Gasteiger partial charge is 0.238 e. The molecular weight excluding hydrogens is 264 g/mol. The number of aromatic nitrogens is 2. The second kappa shape index (κ2) is 5.77. The van der Waals surface area contributed by atoms with Crippen molar-refractivity contribution in [2.24, 2.45) is 5.73 Å². The highest BCUT2D eigenvalue weighted by Crippen LogP contribution is 2.11. The van der Waals surface area contributed by atoms with Crippen LogP contribution in [0.25, 0.3) is 0 Å². The second-order valence-corrected chi connectivity index (χ2v) is 5.70. The number of rotatable bonds is 5. The number of nitrogens with one attached hydrogen (secondary N) is 1. The van der Waals surface area contributed by atoms with E-state index >= 15 is 0 Å². The molecule has 0 atom stereocenters. The van der Waals surface area contributed by atoms with E-state index in [2.05, 4.69) is 14.7 Å². The third-order valence-electron chi connectivity index (χ3n) is 2.41. The molecule has 0 radical (unpaired) electrons.